The third-order valence-corrected chi connectivity index (χ3v) is 4.04. The molecule has 0 radical (unpaired) electrons. The van der Waals surface area contributed by atoms with E-state index < -0.39 is 0 Å². The van der Waals surface area contributed by atoms with E-state index in [-0.39, 0.29) is 5.78 Å². The number of carbonyl (C=O) groups excluding carboxylic acids is 1. The van der Waals surface area contributed by atoms with Gasteiger partial charge in [0.25, 0.3) is 0 Å². The number of hydrogen-bond acceptors (Lipinski definition) is 1. The van der Waals surface area contributed by atoms with Gasteiger partial charge in [-0.1, -0.05) is 45.8 Å². The third-order valence-electron chi connectivity index (χ3n) is 3.55. The molecule has 0 unspecified atom stereocenters. The van der Waals surface area contributed by atoms with Gasteiger partial charge in [0.15, 0.2) is 0 Å². The molecule has 0 bridgehead atoms. The maximum absolute atomic E-state index is 12.6. The molecule has 0 aliphatic heterocycles. The van der Waals surface area contributed by atoms with Crippen LogP contribution in [0, 0.1) is 6.92 Å². The zero-order valence-corrected chi connectivity index (χ0v) is 12.9. The Bertz CT molecular complexity index is 800. The van der Waals surface area contributed by atoms with Gasteiger partial charge in [0.1, 0.15) is 0 Å². The molecular weight excluding hydrogens is 314 g/mol. The van der Waals surface area contributed by atoms with Crippen molar-refractivity contribution in [3.63, 3.8) is 0 Å². The molecule has 1 aromatic heterocycles. The summed E-state index contributed by atoms with van der Waals surface area (Å²) in [4.78, 5) is 12.6. The Morgan fingerprint density at radius 1 is 1.05 bits per heavy atom. The Labute approximate surface area is 126 Å². The lowest BCUT2D eigenvalue weighted by Crippen LogP contribution is -2.07. The summed E-state index contributed by atoms with van der Waals surface area (Å²) in [5.41, 5.74) is 3.65. The van der Waals surface area contributed by atoms with Crippen molar-refractivity contribution in [2.75, 3.05) is 0 Å². The Morgan fingerprint density at radius 3 is 2.45 bits per heavy atom. The van der Waals surface area contributed by atoms with Crippen LogP contribution in [-0.2, 0) is 7.05 Å². The molecule has 20 heavy (non-hydrogen) atoms. The molecule has 0 N–H and O–H groups in total. The van der Waals surface area contributed by atoms with Crippen LogP contribution < -0.4 is 0 Å². The molecule has 100 valence electrons. The lowest BCUT2D eigenvalue weighted by atomic mass is 10.1. The number of fused-ring (bicyclic) bond motifs is 1. The Morgan fingerprint density at radius 2 is 1.75 bits per heavy atom. The molecule has 3 heteroatoms. The standard InChI is InChI=1S/C17H14BrNO/c1-11-3-5-12(6-4-11)17(20)16-10-13-9-14(18)7-8-15(13)19(16)2/h3-10H,1-2H3. The summed E-state index contributed by atoms with van der Waals surface area (Å²) in [6, 6.07) is 15.7. The van der Waals surface area contributed by atoms with Crippen molar-refractivity contribution in [1.29, 1.82) is 0 Å². The van der Waals surface area contributed by atoms with Crippen LogP contribution in [0.1, 0.15) is 21.6 Å². The molecule has 0 fully saturated rings. The highest BCUT2D eigenvalue weighted by atomic mass is 79.9. The number of carbonyl (C=O) groups is 1. The monoisotopic (exact) mass is 327 g/mol. The first kappa shape index (κ1) is 13.1. The van der Waals surface area contributed by atoms with E-state index in [1.165, 1.54) is 0 Å². The number of nitrogens with zero attached hydrogens (tertiary/aromatic N) is 1. The number of aromatic nitrogens is 1. The highest BCUT2D eigenvalue weighted by molar-refractivity contribution is 9.10. The largest absolute Gasteiger partial charge is 0.341 e. The number of hydrogen-bond donors (Lipinski definition) is 0. The molecule has 0 saturated carbocycles. The summed E-state index contributed by atoms with van der Waals surface area (Å²) in [6.07, 6.45) is 0. The summed E-state index contributed by atoms with van der Waals surface area (Å²) < 4.78 is 2.97. The molecule has 1 heterocycles. The van der Waals surface area contributed by atoms with Crippen molar-refractivity contribution in [2.45, 2.75) is 6.92 Å². The fourth-order valence-electron chi connectivity index (χ4n) is 2.39. The van der Waals surface area contributed by atoms with E-state index in [2.05, 4.69) is 15.9 Å². The highest BCUT2D eigenvalue weighted by Crippen LogP contribution is 2.24. The van der Waals surface area contributed by atoms with Gasteiger partial charge in [-0.05, 0) is 31.2 Å². The van der Waals surface area contributed by atoms with Gasteiger partial charge in [-0.15, -0.1) is 0 Å². The molecule has 0 atom stereocenters. The van der Waals surface area contributed by atoms with Gasteiger partial charge in [-0.2, -0.15) is 0 Å². The fourth-order valence-corrected chi connectivity index (χ4v) is 2.77. The van der Waals surface area contributed by atoms with Crippen molar-refractivity contribution in [2.24, 2.45) is 7.05 Å². The van der Waals surface area contributed by atoms with E-state index in [4.69, 9.17) is 0 Å². The molecular formula is C17H14BrNO. The van der Waals surface area contributed by atoms with Crippen LogP contribution in [0.25, 0.3) is 10.9 Å². The second-order valence-corrected chi connectivity index (χ2v) is 5.90. The van der Waals surface area contributed by atoms with Crippen LogP contribution >= 0.6 is 15.9 Å². The summed E-state index contributed by atoms with van der Waals surface area (Å²) in [5, 5.41) is 1.07. The van der Waals surface area contributed by atoms with Crippen LogP contribution in [0.3, 0.4) is 0 Å². The van der Waals surface area contributed by atoms with Gasteiger partial charge in [-0.3, -0.25) is 4.79 Å². The van der Waals surface area contributed by atoms with Crippen LogP contribution in [0.2, 0.25) is 0 Å². The first-order chi connectivity index (χ1) is 9.56. The number of aryl methyl sites for hydroxylation is 2. The van der Waals surface area contributed by atoms with E-state index >= 15 is 0 Å². The second kappa shape index (κ2) is 4.91. The van der Waals surface area contributed by atoms with Gasteiger partial charge in [0, 0.05) is 28.0 Å². The van der Waals surface area contributed by atoms with Gasteiger partial charge >= 0.3 is 0 Å². The van der Waals surface area contributed by atoms with E-state index in [0.717, 1.165) is 26.5 Å². The fraction of sp³-hybridized carbons (Fsp3) is 0.118. The van der Waals surface area contributed by atoms with Crippen molar-refractivity contribution >= 4 is 32.6 Å². The average Bonchev–Trinajstić information content (AvgIpc) is 2.75. The van der Waals surface area contributed by atoms with Gasteiger partial charge in [0.05, 0.1) is 5.69 Å². The topological polar surface area (TPSA) is 22.0 Å². The number of halogens is 1. The van der Waals surface area contributed by atoms with E-state index in [9.17, 15) is 4.79 Å². The van der Waals surface area contributed by atoms with Gasteiger partial charge < -0.3 is 4.57 Å². The van der Waals surface area contributed by atoms with Crippen molar-refractivity contribution in [3.8, 4) is 0 Å². The van der Waals surface area contributed by atoms with Crippen LogP contribution in [-0.4, -0.2) is 10.4 Å². The normalized spacial score (nSPS) is 10.9. The zero-order chi connectivity index (χ0) is 14.3. The summed E-state index contributed by atoms with van der Waals surface area (Å²) in [5.74, 6) is 0.0554. The van der Waals surface area contributed by atoms with E-state index in [1.807, 2.05) is 67.1 Å². The van der Waals surface area contributed by atoms with Gasteiger partial charge in [0.2, 0.25) is 5.78 Å². The predicted octanol–water partition coefficient (Wildman–Crippen LogP) is 4.48. The second-order valence-electron chi connectivity index (χ2n) is 4.99. The van der Waals surface area contributed by atoms with Crippen LogP contribution in [0.4, 0.5) is 0 Å². The lowest BCUT2D eigenvalue weighted by Gasteiger charge is -2.04. The maximum Gasteiger partial charge on any atom is 0.209 e. The molecule has 0 aliphatic rings. The summed E-state index contributed by atoms with van der Waals surface area (Å²) in [7, 11) is 1.93. The minimum absolute atomic E-state index is 0.0554. The minimum atomic E-state index is 0.0554. The molecule has 3 rings (SSSR count). The van der Waals surface area contributed by atoms with Gasteiger partial charge in [-0.25, -0.2) is 0 Å². The number of benzene rings is 2. The van der Waals surface area contributed by atoms with E-state index in [0.29, 0.717) is 5.69 Å². The first-order valence-corrected chi connectivity index (χ1v) is 7.22. The molecule has 0 saturated heterocycles. The molecule has 0 amide bonds. The molecule has 2 nitrogen and oxygen atoms in total. The number of ketones is 1. The molecule has 0 aliphatic carbocycles. The smallest absolute Gasteiger partial charge is 0.209 e. The predicted molar refractivity (Wildman–Crippen MR) is 85.2 cm³/mol. The molecule has 2 aromatic carbocycles. The minimum Gasteiger partial charge on any atom is -0.341 e. The van der Waals surface area contributed by atoms with Crippen molar-refractivity contribution in [3.05, 3.63) is 69.8 Å². The average molecular weight is 328 g/mol. The SMILES string of the molecule is Cc1ccc(C(=O)c2cc3cc(Br)ccc3n2C)cc1. The zero-order valence-electron chi connectivity index (χ0n) is 11.4. The summed E-state index contributed by atoms with van der Waals surface area (Å²) in [6.45, 7) is 2.02. The van der Waals surface area contributed by atoms with Crippen molar-refractivity contribution < 1.29 is 4.79 Å². The Kier molecular flexibility index (Phi) is 3.22. The van der Waals surface area contributed by atoms with Crippen LogP contribution in [0.15, 0.2) is 53.0 Å². The maximum atomic E-state index is 12.6. The Hall–Kier alpha value is -1.87. The van der Waals surface area contributed by atoms with Crippen LogP contribution in [0.5, 0.6) is 0 Å². The highest BCUT2D eigenvalue weighted by Gasteiger charge is 2.15. The summed E-state index contributed by atoms with van der Waals surface area (Å²) >= 11 is 3.46. The Balaban J connectivity index is 2.12. The molecule has 3 aromatic rings. The van der Waals surface area contributed by atoms with Crippen molar-refractivity contribution in [1.82, 2.24) is 4.57 Å². The number of rotatable bonds is 2. The third kappa shape index (κ3) is 2.18. The van der Waals surface area contributed by atoms with E-state index in [1.54, 1.807) is 0 Å². The quantitative estimate of drug-likeness (QED) is 0.636. The lowest BCUT2D eigenvalue weighted by molar-refractivity contribution is 0.103. The molecule has 0 spiro atoms. The first-order valence-electron chi connectivity index (χ1n) is 6.42.